The topological polar surface area (TPSA) is 57.7 Å². The molecule has 2 aromatic rings. The Morgan fingerprint density at radius 1 is 1.12 bits per heavy atom. The number of anilines is 1. The number of carbonyl (C=O) groups is 1. The minimum absolute atomic E-state index is 0.0440. The molecule has 1 spiro atoms. The zero-order valence-electron chi connectivity index (χ0n) is 13.6. The standard InChI is InChI=1S/C18H17ClN2O3S/c1-20-16-8-3-2-7-15(16)18(17(20)22)9-10-21(12-18)25(23,24)14-6-4-5-13(19)11-14/h2-8,11H,9-10,12H2,1H3/t18-/m1/s1. The van der Waals surface area contributed by atoms with Gasteiger partial charge in [-0.1, -0.05) is 35.9 Å². The first-order valence-corrected chi connectivity index (χ1v) is 9.81. The zero-order chi connectivity index (χ0) is 17.8. The molecule has 1 saturated heterocycles. The Morgan fingerprint density at radius 2 is 1.88 bits per heavy atom. The maximum absolute atomic E-state index is 13.0. The van der Waals surface area contributed by atoms with Gasteiger partial charge in [-0.3, -0.25) is 4.79 Å². The third-order valence-electron chi connectivity index (χ3n) is 5.16. The summed E-state index contributed by atoms with van der Waals surface area (Å²) in [6.07, 6.45) is 0.479. The highest BCUT2D eigenvalue weighted by molar-refractivity contribution is 7.89. The number of rotatable bonds is 2. The predicted octanol–water partition coefficient (Wildman–Crippen LogP) is 2.65. The molecule has 5 nitrogen and oxygen atoms in total. The predicted molar refractivity (Wildman–Crippen MR) is 96.4 cm³/mol. The number of benzene rings is 2. The van der Waals surface area contributed by atoms with Gasteiger partial charge in [0.05, 0.1) is 10.3 Å². The van der Waals surface area contributed by atoms with E-state index < -0.39 is 15.4 Å². The quantitative estimate of drug-likeness (QED) is 0.809. The summed E-state index contributed by atoms with van der Waals surface area (Å²) in [4.78, 5) is 14.7. The molecule has 25 heavy (non-hydrogen) atoms. The maximum atomic E-state index is 13.0. The number of nitrogens with zero attached hydrogens (tertiary/aromatic N) is 2. The van der Waals surface area contributed by atoms with Crippen LogP contribution < -0.4 is 4.90 Å². The molecule has 1 fully saturated rings. The van der Waals surface area contributed by atoms with Crippen LogP contribution in [0.15, 0.2) is 53.4 Å². The molecule has 4 rings (SSSR count). The largest absolute Gasteiger partial charge is 0.314 e. The molecule has 0 aliphatic carbocycles. The molecule has 1 atom stereocenters. The van der Waals surface area contributed by atoms with Crippen molar-refractivity contribution in [2.45, 2.75) is 16.7 Å². The summed E-state index contributed by atoms with van der Waals surface area (Å²) in [7, 11) is -1.95. The van der Waals surface area contributed by atoms with Gasteiger partial charge in [0, 0.05) is 30.8 Å². The Bertz CT molecular complexity index is 976. The highest BCUT2D eigenvalue weighted by atomic mass is 35.5. The van der Waals surface area contributed by atoms with Crippen LogP contribution in [0.3, 0.4) is 0 Å². The van der Waals surface area contributed by atoms with Crippen LogP contribution in [0.4, 0.5) is 5.69 Å². The van der Waals surface area contributed by atoms with Crippen LogP contribution in [0.1, 0.15) is 12.0 Å². The lowest BCUT2D eigenvalue weighted by atomic mass is 9.81. The number of halogens is 1. The molecular formula is C18H17ClN2O3S. The van der Waals surface area contributed by atoms with Gasteiger partial charge >= 0.3 is 0 Å². The highest BCUT2D eigenvalue weighted by Crippen LogP contribution is 2.47. The van der Waals surface area contributed by atoms with Crippen LogP contribution in [0.2, 0.25) is 5.02 Å². The van der Waals surface area contributed by atoms with Gasteiger partial charge in [0.1, 0.15) is 0 Å². The molecule has 7 heteroatoms. The first-order chi connectivity index (χ1) is 11.9. The summed E-state index contributed by atoms with van der Waals surface area (Å²) >= 11 is 5.94. The fourth-order valence-corrected chi connectivity index (χ4v) is 5.67. The molecule has 2 aliphatic rings. The van der Waals surface area contributed by atoms with Crippen molar-refractivity contribution in [2.24, 2.45) is 0 Å². The molecule has 0 unspecified atom stereocenters. The number of hydrogen-bond acceptors (Lipinski definition) is 3. The van der Waals surface area contributed by atoms with E-state index >= 15 is 0 Å². The van der Waals surface area contributed by atoms with Crippen molar-refractivity contribution in [3.8, 4) is 0 Å². The van der Waals surface area contributed by atoms with Crippen LogP contribution >= 0.6 is 11.6 Å². The van der Waals surface area contributed by atoms with Crippen LogP contribution in [0, 0.1) is 0 Å². The number of hydrogen-bond donors (Lipinski definition) is 0. The van der Waals surface area contributed by atoms with E-state index in [1.165, 1.54) is 16.4 Å². The van der Waals surface area contributed by atoms with Gasteiger partial charge in [0.2, 0.25) is 15.9 Å². The SMILES string of the molecule is CN1C(=O)[C@@]2(CCN(S(=O)(=O)c3cccc(Cl)c3)C2)c2ccccc21. The number of likely N-dealkylation sites (N-methyl/N-ethyl adjacent to an activating group) is 1. The summed E-state index contributed by atoms with van der Waals surface area (Å²) in [6.45, 7) is 0.463. The number of para-hydroxylation sites is 1. The van der Waals surface area contributed by atoms with E-state index in [1.54, 1.807) is 24.1 Å². The lowest BCUT2D eigenvalue weighted by Gasteiger charge is -2.23. The monoisotopic (exact) mass is 376 g/mol. The summed E-state index contributed by atoms with van der Waals surface area (Å²) in [5.74, 6) is -0.0440. The Labute approximate surface area is 151 Å². The van der Waals surface area contributed by atoms with E-state index in [9.17, 15) is 13.2 Å². The smallest absolute Gasteiger partial charge is 0.243 e. The summed E-state index contributed by atoms with van der Waals surface area (Å²) < 4.78 is 27.3. The summed E-state index contributed by atoms with van der Waals surface area (Å²) in [5.41, 5.74) is 0.970. The van der Waals surface area contributed by atoms with Crippen molar-refractivity contribution in [3.63, 3.8) is 0 Å². The molecule has 2 heterocycles. The Hall–Kier alpha value is -1.89. The average Bonchev–Trinajstić information content (AvgIpc) is 3.14. The van der Waals surface area contributed by atoms with Crippen molar-refractivity contribution >= 4 is 33.2 Å². The van der Waals surface area contributed by atoms with Crippen LogP contribution in [0.25, 0.3) is 0 Å². The molecule has 0 bridgehead atoms. The number of sulfonamides is 1. The molecule has 0 radical (unpaired) electrons. The Morgan fingerprint density at radius 3 is 2.64 bits per heavy atom. The molecule has 1 amide bonds. The average molecular weight is 377 g/mol. The van der Waals surface area contributed by atoms with Crippen LogP contribution in [-0.4, -0.2) is 38.8 Å². The van der Waals surface area contributed by atoms with Gasteiger partial charge in [-0.15, -0.1) is 0 Å². The highest BCUT2D eigenvalue weighted by Gasteiger charge is 2.55. The molecule has 130 valence electrons. The van der Waals surface area contributed by atoms with E-state index in [2.05, 4.69) is 0 Å². The summed E-state index contributed by atoms with van der Waals surface area (Å²) in [5, 5.41) is 0.372. The number of fused-ring (bicyclic) bond motifs is 2. The third kappa shape index (κ3) is 2.32. The first kappa shape index (κ1) is 16.6. The summed E-state index contributed by atoms with van der Waals surface area (Å²) in [6, 6.07) is 13.8. The second kappa shape index (κ2) is 5.56. The fraction of sp³-hybridized carbons (Fsp3) is 0.278. The molecule has 2 aliphatic heterocycles. The minimum Gasteiger partial charge on any atom is -0.314 e. The van der Waals surface area contributed by atoms with Gasteiger partial charge in [-0.05, 0) is 36.2 Å². The van der Waals surface area contributed by atoms with Crippen molar-refractivity contribution < 1.29 is 13.2 Å². The minimum atomic E-state index is -3.69. The van der Waals surface area contributed by atoms with Crippen molar-refractivity contribution in [3.05, 3.63) is 59.1 Å². The van der Waals surface area contributed by atoms with Crippen LogP contribution in [-0.2, 0) is 20.2 Å². The lowest BCUT2D eigenvalue weighted by Crippen LogP contribution is -2.42. The van der Waals surface area contributed by atoms with E-state index in [0.29, 0.717) is 18.0 Å². The second-order valence-electron chi connectivity index (χ2n) is 6.51. The van der Waals surface area contributed by atoms with E-state index in [1.807, 2.05) is 24.3 Å². The normalized spacial score (nSPS) is 23.4. The van der Waals surface area contributed by atoms with Gasteiger partial charge in [0.15, 0.2) is 0 Å². The van der Waals surface area contributed by atoms with E-state index in [-0.39, 0.29) is 17.3 Å². The van der Waals surface area contributed by atoms with Crippen LogP contribution in [0.5, 0.6) is 0 Å². The van der Waals surface area contributed by atoms with E-state index in [0.717, 1.165) is 11.3 Å². The van der Waals surface area contributed by atoms with Crippen molar-refractivity contribution in [1.82, 2.24) is 4.31 Å². The lowest BCUT2D eigenvalue weighted by molar-refractivity contribution is -0.122. The van der Waals surface area contributed by atoms with Crippen molar-refractivity contribution in [2.75, 3.05) is 25.0 Å². The fourth-order valence-electron chi connectivity index (χ4n) is 3.87. The van der Waals surface area contributed by atoms with Gasteiger partial charge in [0.25, 0.3) is 0 Å². The van der Waals surface area contributed by atoms with E-state index in [4.69, 9.17) is 11.6 Å². The van der Waals surface area contributed by atoms with Gasteiger partial charge in [-0.2, -0.15) is 4.31 Å². The number of amides is 1. The Balaban J connectivity index is 1.74. The van der Waals surface area contributed by atoms with Crippen molar-refractivity contribution in [1.29, 1.82) is 0 Å². The first-order valence-electron chi connectivity index (χ1n) is 8.00. The van der Waals surface area contributed by atoms with Gasteiger partial charge in [-0.25, -0.2) is 8.42 Å². The zero-order valence-corrected chi connectivity index (χ0v) is 15.2. The molecular weight excluding hydrogens is 360 g/mol. The molecule has 0 saturated carbocycles. The molecule has 0 N–H and O–H groups in total. The molecule has 2 aromatic carbocycles. The third-order valence-corrected chi connectivity index (χ3v) is 7.24. The van der Waals surface area contributed by atoms with Gasteiger partial charge < -0.3 is 4.90 Å². The maximum Gasteiger partial charge on any atom is 0.243 e. The number of carbonyl (C=O) groups excluding carboxylic acids is 1. The second-order valence-corrected chi connectivity index (χ2v) is 8.88. The Kier molecular flexibility index (Phi) is 3.68. The molecule has 0 aromatic heterocycles.